The van der Waals surface area contributed by atoms with Crippen LogP contribution in [0.5, 0.6) is 5.75 Å². The summed E-state index contributed by atoms with van der Waals surface area (Å²) < 4.78 is 5.62. The van der Waals surface area contributed by atoms with Crippen molar-refractivity contribution < 1.29 is 14.3 Å². The maximum absolute atomic E-state index is 12.3. The molecule has 1 saturated heterocycles. The topological polar surface area (TPSA) is 53.1 Å². The number of hydrogen-bond acceptors (Lipinski definition) is 3. The van der Waals surface area contributed by atoms with Crippen molar-refractivity contribution in [1.29, 1.82) is 0 Å². The molecule has 24 heavy (non-hydrogen) atoms. The largest absolute Gasteiger partial charge is 0.484 e. The van der Waals surface area contributed by atoms with Gasteiger partial charge in [-0.05, 0) is 32.4 Å². The van der Waals surface area contributed by atoms with E-state index in [1.807, 2.05) is 49.9 Å². The third-order valence-electron chi connectivity index (χ3n) is 4.38. The van der Waals surface area contributed by atoms with E-state index in [2.05, 4.69) is 0 Å². The van der Waals surface area contributed by atoms with Crippen LogP contribution in [0.2, 0.25) is 0 Å². The number of nitrogens with zero attached hydrogens (tertiary/aromatic N) is 3. The standard InChI is InChI=1S/C18H27N3O3/c1-4-19(5-2)18(23)21-12-10-20(11-13-21)17(22)14-24-16-9-7-6-8-15(16)3/h6-9H,4-5,10-14H2,1-3H3. The lowest BCUT2D eigenvalue weighted by atomic mass is 10.2. The van der Waals surface area contributed by atoms with Crippen molar-refractivity contribution in [2.45, 2.75) is 20.8 Å². The number of hydrogen-bond donors (Lipinski definition) is 0. The highest BCUT2D eigenvalue weighted by Crippen LogP contribution is 2.16. The van der Waals surface area contributed by atoms with E-state index in [1.54, 1.807) is 9.80 Å². The monoisotopic (exact) mass is 333 g/mol. The van der Waals surface area contributed by atoms with E-state index in [4.69, 9.17) is 4.74 Å². The fourth-order valence-electron chi connectivity index (χ4n) is 2.79. The van der Waals surface area contributed by atoms with Gasteiger partial charge >= 0.3 is 6.03 Å². The highest BCUT2D eigenvalue weighted by molar-refractivity contribution is 5.79. The zero-order valence-corrected chi connectivity index (χ0v) is 14.8. The van der Waals surface area contributed by atoms with Crippen molar-refractivity contribution in [3.8, 4) is 5.75 Å². The molecule has 0 bridgehead atoms. The molecule has 1 fully saturated rings. The Morgan fingerprint density at radius 3 is 2.21 bits per heavy atom. The first-order chi connectivity index (χ1) is 11.6. The molecule has 1 aliphatic heterocycles. The summed E-state index contributed by atoms with van der Waals surface area (Å²) in [5, 5.41) is 0. The summed E-state index contributed by atoms with van der Waals surface area (Å²) in [4.78, 5) is 30.0. The number of carbonyl (C=O) groups is 2. The van der Waals surface area contributed by atoms with E-state index in [0.717, 1.165) is 11.3 Å². The van der Waals surface area contributed by atoms with Crippen molar-refractivity contribution in [3.05, 3.63) is 29.8 Å². The molecule has 132 valence electrons. The Bertz CT molecular complexity index is 564. The van der Waals surface area contributed by atoms with Crippen molar-refractivity contribution in [1.82, 2.24) is 14.7 Å². The summed E-state index contributed by atoms with van der Waals surface area (Å²) in [5.41, 5.74) is 1.01. The van der Waals surface area contributed by atoms with Gasteiger partial charge in [0.15, 0.2) is 6.61 Å². The Morgan fingerprint density at radius 2 is 1.62 bits per heavy atom. The quantitative estimate of drug-likeness (QED) is 0.828. The van der Waals surface area contributed by atoms with Gasteiger partial charge in [0.25, 0.3) is 5.91 Å². The number of aryl methyl sites for hydroxylation is 1. The van der Waals surface area contributed by atoms with Crippen LogP contribution in [0.1, 0.15) is 19.4 Å². The lowest BCUT2D eigenvalue weighted by Gasteiger charge is -2.37. The van der Waals surface area contributed by atoms with Crippen LogP contribution in [0, 0.1) is 6.92 Å². The number of ether oxygens (including phenoxy) is 1. The predicted molar refractivity (Wildman–Crippen MR) is 93.1 cm³/mol. The van der Waals surface area contributed by atoms with Crippen LogP contribution in [-0.2, 0) is 4.79 Å². The van der Waals surface area contributed by atoms with Crippen LogP contribution in [0.25, 0.3) is 0 Å². The Hall–Kier alpha value is -2.24. The molecule has 0 aromatic heterocycles. The zero-order chi connectivity index (χ0) is 17.5. The summed E-state index contributed by atoms with van der Waals surface area (Å²) >= 11 is 0. The molecule has 1 aromatic rings. The second kappa shape index (κ2) is 8.57. The van der Waals surface area contributed by atoms with E-state index in [0.29, 0.717) is 39.3 Å². The van der Waals surface area contributed by atoms with Crippen molar-refractivity contribution in [2.75, 3.05) is 45.9 Å². The summed E-state index contributed by atoms with van der Waals surface area (Å²) in [6.07, 6.45) is 0. The molecule has 1 aromatic carbocycles. The Morgan fingerprint density at radius 1 is 1.04 bits per heavy atom. The molecule has 0 atom stereocenters. The molecule has 2 rings (SSSR count). The number of rotatable bonds is 5. The lowest BCUT2D eigenvalue weighted by Crippen LogP contribution is -2.54. The van der Waals surface area contributed by atoms with Gasteiger partial charge in [0.2, 0.25) is 0 Å². The van der Waals surface area contributed by atoms with Crippen molar-refractivity contribution in [3.63, 3.8) is 0 Å². The molecule has 1 heterocycles. The van der Waals surface area contributed by atoms with Gasteiger partial charge in [0.05, 0.1) is 0 Å². The molecular formula is C18H27N3O3. The minimum absolute atomic E-state index is 0.0341. The molecule has 0 spiro atoms. The van der Waals surface area contributed by atoms with Gasteiger partial charge in [0, 0.05) is 39.3 Å². The number of urea groups is 1. The second-order valence-corrected chi connectivity index (χ2v) is 5.88. The maximum atomic E-state index is 12.3. The summed E-state index contributed by atoms with van der Waals surface area (Å²) in [6, 6.07) is 7.71. The molecule has 6 nitrogen and oxygen atoms in total. The smallest absolute Gasteiger partial charge is 0.320 e. The van der Waals surface area contributed by atoms with E-state index >= 15 is 0 Å². The van der Waals surface area contributed by atoms with Crippen molar-refractivity contribution >= 4 is 11.9 Å². The van der Waals surface area contributed by atoms with Crippen LogP contribution in [0.15, 0.2) is 24.3 Å². The summed E-state index contributed by atoms with van der Waals surface area (Å²) in [6.45, 7) is 9.63. The molecule has 3 amide bonds. The fraction of sp³-hybridized carbons (Fsp3) is 0.556. The first-order valence-corrected chi connectivity index (χ1v) is 8.56. The maximum Gasteiger partial charge on any atom is 0.320 e. The minimum atomic E-state index is -0.0341. The molecule has 0 N–H and O–H groups in total. The van der Waals surface area contributed by atoms with Crippen LogP contribution in [0.4, 0.5) is 4.79 Å². The molecule has 0 aliphatic carbocycles. The molecule has 6 heteroatoms. The SMILES string of the molecule is CCN(CC)C(=O)N1CCN(C(=O)COc2ccccc2C)CC1. The Labute approximate surface area is 144 Å². The Kier molecular flexibility index (Phi) is 6.46. The normalized spacial score (nSPS) is 14.5. The number of benzene rings is 1. The van der Waals surface area contributed by atoms with Gasteiger partial charge < -0.3 is 19.4 Å². The lowest BCUT2D eigenvalue weighted by molar-refractivity contribution is -0.134. The van der Waals surface area contributed by atoms with Crippen LogP contribution < -0.4 is 4.74 Å². The Balaban J connectivity index is 1.80. The third-order valence-corrected chi connectivity index (χ3v) is 4.38. The first-order valence-electron chi connectivity index (χ1n) is 8.56. The number of piperazine rings is 1. The summed E-state index contributed by atoms with van der Waals surface area (Å²) in [5.74, 6) is 0.703. The van der Waals surface area contributed by atoms with Crippen molar-refractivity contribution in [2.24, 2.45) is 0 Å². The van der Waals surface area contributed by atoms with Gasteiger partial charge in [-0.2, -0.15) is 0 Å². The van der Waals surface area contributed by atoms with E-state index < -0.39 is 0 Å². The van der Waals surface area contributed by atoms with Crippen LogP contribution >= 0.6 is 0 Å². The highest BCUT2D eigenvalue weighted by atomic mass is 16.5. The number of amides is 3. The van der Waals surface area contributed by atoms with E-state index in [1.165, 1.54) is 0 Å². The van der Waals surface area contributed by atoms with Crippen LogP contribution in [-0.4, -0.2) is 72.5 Å². The van der Waals surface area contributed by atoms with Gasteiger partial charge in [-0.25, -0.2) is 4.79 Å². The fourth-order valence-corrected chi connectivity index (χ4v) is 2.79. The molecular weight excluding hydrogens is 306 g/mol. The molecule has 0 saturated carbocycles. The molecule has 0 unspecified atom stereocenters. The summed E-state index contributed by atoms with van der Waals surface area (Å²) in [7, 11) is 0. The first kappa shape index (κ1) is 18.1. The van der Waals surface area contributed by atoms with E-state index in [-0.39, 0.29) is 18.5 Å². The highest BCUT2D eigenvalue weighted by Gasteiger charge is 2.26. The molecule has 1 aliphatic rings. The average Bonchev–Trinajstić information content (AvgIpc) is 2.62. The van der Waals surface area contributed by atoms with Gasteiger partial charge in [0.1, 0.15) is 5.75 Å². The minimum Gasteiger partial charge on any atom is -0.484 e. The number of para-hydroxylation sites is 1. The molecule has 0 radical (unpaired) electrons. The second-order valence-electron chi connectivity index (χ2n) is 5.88. The number of carbonyl (C=O) groups excluding carboxylic acids is 2. The van der Waals surface area contributed by atoms with Gasteiger partial charge in [-0.15, -0.1) is 0 Å². The predicted octanol–water partition coefficient (Wildman–Crippen LogP) is 1.98. The van der Waals surface area contributed by atoms with Gasteiger partial charge in [-0.1, -0.05) is 18.2 Å². The van der Waals surface area contributed by atoms with Gasteiger partial charge in [-0.3, -0.25) is 4.79 Å². The van der Waals surface area contributed by atoms with E-state index in [9.17, 15) is 9.59 Å². The zero-order valence-electron chi connectivity index (χ0n) is 14.8. The van der Waals surface area contributed by atoms with Crippen LogP contribution in [0.3, 0.4) is 0 Å². The average molecular weight is 333 g/mol. The third kappa shape index (κ3) is 4.40.